The van der Waals surface area contributed by atoms with Crippen molar-refractivity contribution in [2.45, 2.75) is 38.8 Å². The maximum Gasteiger partial charge on any atom is 0.271 e. The summed E-state index contributed by atoms with van der Waals surface area (Å²) in [6.45, 7) is 4.21. The zero-order valence-corrected chi connectivity index (χ0v) is 27.5. The van der Waals surface area contributed by atoms with Crippen LogP contribution in [0.2, 0.25) is 0 Å². The Bertz CT molecular complexity index is 1770. The topological polar surface area (TPSA) is 152 Å². The zero-order chi connectivity index (χ0) is 32.9. The first-order chi connectivity index (χ1) is 22.7. The molecule has 4 bridgehead atoms. The van der Waals surface area contributed by atoms with Crippen molar-refractivity contribution in [3.63, 3.8) is 0 Å². The summed E-state index contributed by atoms with van der Waals surface area (Å²) in [5, 5.41) is 13.5. The Morgan fingerprint density at radius 2 is 1.66 bits per heavy atom. The highest BCUT2D eigenvalue weighted by Gasteiger charge is 2.28. The van der Waals surface area contributed by atoms with Gasteiger partial charge in [-0.2, -0.15) is 0 Å². The average molecular weight is 675 g/mol. The molecule has 2 aliphatic rings. The van der Waals surface area contributed by atoms with Gasteiger partial charge in [0.15, 0.2) is 11.5 Å². The molecular formula is C33H34N6O6S2. The van der Waals surface area contributed by atoms with Crippen LogP contribution in [0.1, 0.15) is 79.3 Å². The first-order valence-corrected chi connectivity index (χ1v) is 17.0. The zero-order valence-electron chi connectivity index (χ0n) is 25.9. The van der Waals surface area contributed by atoms with E-state index in [-0.39, 0.29) is 61.5 Å². The molecule has 3 N–H and O–H groups in total. The summed E-state index contributed by atoms with van der Waals surface area (Å²) < 4.78 is 10.8. The van der Waals surface area contributed by atoms with Crippen LogP contribution in [0.15, 0.2) is 59.3 Å². The molecule has 2 aromatic carbocycles. The van der Waals surface area contributed by atoms with Crippen molar-refractivity contribution in [3.05, 3.63) is 91.8 Å². The molecule has 0 fully saturated rings. The fourth-order valence-electron chi connectivity index (χ4n) is 5.31. The van der Waals surface area contributed by atoms with Gasteiger partial charge in [0.05, 0.1) is 18.6 Å². The van der Waals surface area contributed by atoms with Crippen molar-refractivity contribution >= 4 is 46.3 Å². The van der Waals surface area contributed by atoms with E-state index in [1.807, 2.05) is 44.2 Å². The summed E-state index contributed by atoms with van der Waals surface area (Å²) in [6.07, 6.45) is 0.820. The van der Waals surface area contributed by atoms with Crippen LogP contribution < -0.4 is 25.4 Å². The van der Waals surface area contributed by atoms with Crippen LogP contribution in [-0.2, 0) is 11.2 Å². The number of fused-ring (bicyclic) bond motifs is 5. The van der Waals surface area contributed by atoms with Gasteiger partial charge in [0.2, 0.25) is 12.7 Å². The van der Waals surface area contributed by atoms with E-state index in [4.69, 9.17) is 9.47 Å². The van der Waals surface area contributed by atoms with Gasteiger partial charge < -0.3 is 30.3 Å². The summed E-state index contributed by atoms with van der Waals surface area (Å²) in [5.74, 6) is -0.507. The Hall–Kier alpha value is -4.82. The minimum atomic E-state index is -0.553. The number of hydrogen-bond acceptors (Lipinski definition) is 10. The van der Waals surface area contributed by atoms with Gasteiger partial charge in [-0.3, -0.25) is 19.2 Å². The first kappa shape index (κ1) is 32.1. The van der Waals surface area contributed by atoms with Crippen LogP contribution in [0.5, 0.6) is 11.5 Å². The molecule has 0 saturated carbocycles. The number of nitrogens with one attached hydrogen (secondary N) is 3. The first-order valence-electron chi connectivity index (χ1n) is 15.3. The Labute approximate surface area is 279 Å². The molecule has 0 radical (unpaired) electrons. The highest BCUT2D eigenvalue weighted by atomic mass is 32.1. The molecule has 4 amide bonds. The lowest BCUT2D eigenvalue weighted by molar-refractivity contribution is -0.122. The second-order valence-corrected chi connectivity index (χ2v) is 13.3. The maximum atomic E-state index is 13.7. The molecule has 0 saturated heterocycles. The molecule has 0 unspecified atom stereocenters. The lowest BCUT2D eigenvalue weighted by atomic mass is 10.0. The normalized spacial score (nSPS) is 18.9. The Morgan fingerprint density at radius 3 is 2.45 bits per heavy atom. The molecule has 14 heteroatoms. The number of carbonyl (C=O) groups is 4. The van der Waals surface area contributed by atoms with E-state index in [0.717, 1.165) is 5.56 Å². The molecule has 12 nitrogen and oxygen atoms in total. The Morgan fingerprint density at radius 1 is 0.936 bits per heavy atom. The molecule has 0 spiro atoms. The van der Waals surface area contributed by atoms with E-state index in [1.165, 1.54) is 27.6 Å². The highest BCUT2D eigenvalue weighted by Crippen LogP contribution is 2.33. The second-order valence-electron chi connectivity index (χ2n) is 11.6. The third-order valence-corrected chi connectivity index (χ3v) is 9.66. The molecule has 2 atom stereocenters. The quantitative estimate of drug-likeness (QED) is 0.292. The number of carbonyl (C=O) groups excluding carboxylic acids is 4. The van der Waals surface area contributed by atoms with Crippen LogP contribution in [0.25, 0.3) is 0 Å². The van der Waals surface area contributed by atoms with Gasteiger partial charge in [0.25, 0.3) is 17.7 Å². The fourth-order valence-corrected chi connectivity index (χ4v) is 7.18. The largest absolute Gasteiger partial charge is 0.454 e. The molecule has 2 aromatic heterocycles. The Kier molecular flexibility index (Phi) is 9.78. The van der Waals surface area contributed by atoms with Gasteiger partial charge in [-0.25, -0.2) is 9.97 Å². The van der Waals surface area contributed by atoms with Gasteiger partial charge in [-0.05, 0) is 42.5 Å². The van der Waals surface area contributed by atoms with Crippen LogP contribution >= 0.6 is 22.7 Å². The smallest absolute Gasteiger partial charge is 0.271 e. The molecule has 2 aliphatic heterocycles. The number of aromatic nitrogens is 2. The van der Waals surface area contributed by atoms with Crippen molar-refractivity contribution < 1.29 is 28.7 Å². The van der Waals surface area contributed by atoms with Crippen LogP contribution in [0.3, 0.4) is 0 Å². The van der Waals surface area contributed by atoms with E-state index in [2.05, 4.69) is 25.9 Å². The van der Waals surface area contributed by atoms with E-state index >= 15 is 0 Å². The molecule has 47 heavy (non-hydrogen) atoms. The number of ether oxygens (including phenoxy) is 2. The van der Waals surface area contributed by atoms with E-state index in [0.29, 0.717) is 39.9 Å². The minimum absolute atomic E-state index is 0.00776. The molecule has 0 aliphatic carbocycles. The number of rotatable bonds is 4. The van der Waals surface area contributed by atoms with Crippen molar-refractivity contribution in [2.24, 2.45) is 5.92 Å². The third-order valence-electron chi connectivity index (χ3n) is 7.78. The van der Waals surface area contributed by atoms with Crippen LogP contribution in [0, 0.1) is 5.92 Å². The van der Waals surface area contributed by atoms with Gasteiger partial charge in [-0.15, -0.1) is 22.7 Å². The third kappa shape index (κ3) is 7.60. The highest BCUT2D eigenvalue weighted by molar-refractivity contribution is 7.10. The predicted octanol–water partition coefficient (Wildman–Crippen LogP) is 4.13. The number of nitrogens with zero attached hydrogens (tertiary/aromatic N) is 3. The van der Waals surface area contributed by atoms with Gasteiger partial charge in [-0.1, -0.05) is 44.2 Å². The number of hydrogen-bond donors (Lipinski definition) is 3. The molecule has 4 aromatic rings. The number of amides is 4. The predicted molar refractivity (Wildman–Crippen MR) is 176 cm³/mol. The lowest BCUT2D eigenvalue weighted by Gasteiger charge is -2.24. The van der Waals surface area contributed by atoms with E-state index < -0.39 is 18.0 Å². The molecule has 244 valence electrons. The van der Waals surface area contributed by atoms with Crippen molar-refractivity contribution in [2.75, 3.05) is 26.4 Å². The van der Waals surface area contributed by atoms with Crippen LogP contribution in [-0.4, -0.2) is 64.9 Å². The Balaban J connectivity index is 1.31. The number of thiazole rings is 2. The monoisotopic (exact) mass is 674 g/mol. The lowest BCUT2D eigenvalue weighted by Crippen LogP contribution is -2.43. The van der Waals surface area contributed by atoms with Crippen molar-refractivity contribution in [1.29, 1.82) is 0 Å². The minimum Gasteiger partial charge on any atom is -0.454 e. The van der Waals surface area contributed by atoms with Gasteiger partial charge in [0, 0.05) is 29.4 Å². The SMILES string of the molecule is CC(C)[C@@H]1NC(=O)c2csc(n2)[C@H](Cc2ccccc2)NC(=O)CN(C(=O)c2ccc3c(c2)OCO3)CCCNC(=O)c2csc1n2. The van der Waals surface area contributed by atoms with E-state index in [1.54, 1.807) is 29.0 Å². The average Bonchev–Trinajstić information content (AvgIpc) is 3.85. The standard InChI is InChI=1S/C33H34N6O6S2/c1-19(2)28-32-37-23(16-47-32)29(41)34-11-6-12-39(33(43)21-9-10-25-26(14-21)45-18-44-25)15-27(40)35-22(13-20-7-4-3-5-8-20)31-36-24(17-46-31)30(42)38-28/h3-5,7-10,14,16-17,19,22,28H,6,11-13,15,18H2,1-2H3,(H,34,41)(H,35,40)(H,38,42)/t22-,28-/m0/s1. The summed E-state index contributed by atoms with van der Waals surface area (Å²) >= 11 is 2.59. The van der Waals surface area contributed by atoms with Gasteiger partial charge >= 0.3 is 0 Å². The molecule has 6 rings (SSSR count). The van der Waals surface area contributed by atoms with Crippen molar-refractivity contribution in [1.82, 2.24) is 30.8 Å². The van der Waals surface area contributed by atoms with Crippen LogP contribution in [0.4, 0.5) is 0 Å². The fraction of sp³-hybridized carbons (Fsp3) is 0.333. The van der Waals surface area contributed by atoms with E-state index in [9.17, 15) is 19.2 Å². The summed E-state index contributed by atoms with van der Waals surface area (Å²) in [6, 6.07) is 13.6. The summed E-state index contributed by atoms with van der Waals surface area (Å²) in [7, 11) is 0. The molecule has 4 heterocycles. The maximum absolute atomic E-state index is 13.7. The van der Waals surface area contributed by atoms with Gasteiger partial charge in [0.1, 0.15) is 21.4 Å². The number of benzene rings is 2. The summed E-state index contributed by atoms with van der Waals surface area (Å²) in [5.41, 5.74) is 1.78. The molecular weight excluding hydrogens is 641 g/mol. The second kappa shape index (κ2) is 14.3. The summed E-state index contributed by atoms with van der Waals surface area (Å²) in [4.78, 5) is 64.4. The van der Waals surface area contributed by atoms with Crippen molar-refractivity contribution in [3.8, 4) is 11.5 Å².